The first-order chi connectivity index (χ1) is 6.93. The molecule has 1 rings (SSSR count). The minimum atomic E-state index is -0.533. The zero-order valence-electron chi connectivity index (χ0n) is 9.32. The van der Waals surface area contributed by atoms with Crippen molar-refractivity contribution >= 4 is 17.6 Å². The van der Waals surface area contributed by atoms with Crippen molar-refractivity contribution in [3.05, 3.63) is 0 Å². The SMILES string of the molecule is CC(=O)CN1C(=O)CCN(C)C(=O)C1C. The first-order valence-corrected chi connectivity index (χ1v) is 4.97. The number of amides is 2. The van der Waals surface area contributed by atoms with Crippen molar-refractivity contribution in [3.63, 3.8) is 0 Å². The zero-order valence-corrected chi connectivity index (χ0v) is 9.32. The Bertz CT molecular complexity index is 301. The molecule has 0 spiro atoms. The number of rotatable bonds is 2. The molecule has 1 unspecified atom stereocenters. The first kappa shape index (κ1) is 11.7. The zero-order chi connectivity index (χ0) is 11.6. The minimum Gasteiger partial charge on any atom is -0.343 e. The Hall–Kier alpha value is -1.39. The minimum absolute atomic E-state index is 0.0274. The first-order valence-electron chi connectivity index (χ1n) is 4.97. The molecule has 84 valence electrons. The van der Waals surface area contributed by atoms with Crippen LogP contribution in [0.15, 0.2) is 0 Å². The third kappa shape index (κ3) is 2.55. The molecule has 0 radical (unpaired) electrons. The number of ketones is 1. The molecule has 0 aliphatic carbocycles. The van der Waals surface area contributed by atoms with Gasteiger partial charge in [0, 0.05) is 20.0 Å². The molecule has 1 fully saturated rings. The van der Waals surface area contributed by atoms with Gasteiger partial charge in [0.05, 0.1) is 6.54 Å². The summed E-state index contributed by atoms with van der Waals surface area (Å²) in [6, 6.07) is -0.533. The fraction of sp³-hybridized carbons (Fsp3) is 0.700. The van der Waals surface area contributed by atoms with Crippen LogP contribution in [-0.2, 0) is 14.4 Å². The summed E-state index contributed by atoms with van der Waals surface area (Å²) >= 11 is 0. The van der Waals surface area contributed by atoms with Crippen LogP contribution in [0.1, 0.15) is 20.3 Å². The third-order valence-electron chi connectivity index (χ3n) is 2.58. The lowest BCUT2D eigenvalue weighted by molar-refractivity contribution is -0.141. The Morgan fingerprint density at radius 1 is 1.47 bits per heavy atom. The van der Waals surface area contributed by atoms with Crippen LogP contribution in [0.2, 0.25) is 0 Å². The lowest BCUT2D eigenvalue weighted by Gasteiger charge is -2.25. The maximum Gasteiger partial charge on any atom is 0.244 e. The predicted octanol–water partition coefficient (Wildman–Crippen LogP) is -0.345. The largest absolute Gasteiger partial charge is 0.343 e. The molecule has 0 aromatic carbocycles. The second-order valence-electron chi connectivity index (χ2n) is 3.91. The van der Waals surface area contributed by atoms with Crippen molar-refractivity contribution in [2.45, 2.75) is 26.3 Å². The summed E-state index contributed by atoms with van der Waals surface area (Å²) in [6.07, 6.45) is 0.292. The van der Waals surface area contributed by atoms with Gasteiger partial charge in [-0.05, 0) is 13.8 Å². The molecule has 5 heteroatoms. The van der Waals surface area contributed by atoms with E-state index >= 15 is 0 Å². The average Bonchev–Trinajstić information content (AvgIpc) is 2.25. The molecule has 1 saturated heterocycles. The van der Waals surface area contributed by atoms with Crippen LogP contribution in [0.25, 0.3) is 0 Å². The molecule has 0 saturated carbocycles. The molecule has 1 aliphatic heterocycles. The van der Waals surface area contributed by atoms with Crippen molar-refractivity contribution in [2.24, 2.45) is 0 Å². The Labute approximate surface area is 89.0 Å². The van der Waals surface area contributed by atoms with Gasteiger partial charge in [0.2, 0.25) is 11.8 Å². The van der Waals surface area contributed by atoms with Crippen LogP contribution < -0.4 is 0 Å². The van der Waals surface area contributed by atoms with Crippen LogP contribution in [0.4, 0.5) is 0 Å². The highest BCUT2D eigenvalue weighted by Crippen LogP contribution is 2.10. The average molecular weight is 212 g/mol. The van der Waals surface area contributed by atoms with Crippen LogP contribution in [0, 0.1) is 0 Å². The maximum absolute atomic E-state index is 11.7. The molecule has 1 heterocycles. The van der Waals surface area contributed by atoms with Crippen molar-refractivity contribution < 1.29 is 14.4 Å². The second kappa shape index (κ2) is 4.42. The van der Waals surface area contributed by atoms with Crippen LogP contribution in [0.3, 0.4) is 0 Å². The molecular formula is C10H16N2O3. The third-order valence-corrected chi connectivity index (χ3v) is 2.58. The number of nitrogens with zero attached hydrogens (tertiary/aromatic N) is 2. The second-order valence-corrected chi connectivity index (χ2v) is 3.91. The van der Waals surface area contributed by atoms with Gasteiger partial charge in [-0.25, -0.2) is 0 Å². The number of carbonyl (C=O) groups is 3. The van der Waals surface area contributed by atoms with E-state index in [1.165, 1.54) is 16.7 Å². The molecule has 1 atom stereocenters. The summed E-state index contributed by atoms with van der Waals surface area (Å²) in [5.74, 6) is -0.343. The Balaban J connectivity index is 2.86. The van der Waals surface area contributed by atoms with E-state index in [-0.39, 0.29) is 24.1 Å². The number of hydrogen-bond donors (Lipinski definition) is 0. The highest BCUT2D eigenvalue weighted by molar-refractivity contribution is 5.92. The molecule has 0 bridgehead atoms. The smallest absolute Gasteiger partial charge is 0.244 e. The van der Waals surface area contributed by atoms with E-state index in [1.54, 1.807) is 14.0 Å². The van der Waals surface area contributed by atoms with Crippen molar-refractivity contribution in [3.8, 4) is 0 Å². The van der Waals surface area contributed by atoms with E-state index in [0.717, 1.165) is 0 Å². The van der Waals surface area contributed by atoms with Crippen LogP contribution in [-0.4, -0.2) is 53.6 Å². The van der Waals surface area contributed by atoms with Gasteiger partial charge in [-0.1, -0.05) is 0 Å². The molecule has 5 nitrogen and oxygen atoms in total. The lowest BCUT2D eigenvalue weighted by Crippen LogP contribution is -2.46. The summed E-state index contributed by atoms with van der Waals surface area (Å²) in [7, 11) is 1.67. The highest BCUT2D eigenvalue weighted by Gasteiger charge is 2.31. The molecule has 1 aliphatic rings. The van der Waals surface area contributed by atoms with Gasteiger partial charge in [-0.3, -0.25) is 14.4 Å². The van der Waals surface area contributed by atoms with Gasteiger partial charge in [0.25, 0.3) is 0 Å². The Kier molecular flexibility index (Phi) is 3.44. The Morgan fingerprint density at radius 3 is 2.60 bits per heavy atom. The van der Waals surface area contributed by atoms with E-state index in [0.29, 0.717) is 13.0 Å². The molecular weight excluding hydrogens is 196 g/mol. The topological polar surface area (TPSA) is 57.7 Å². The summed E-state index contributed by atoms with van der Waals surface area (Å²) in [5.41, 5.74) is 0. The molecule has 15 heavy (non-hydrogen) atoms. The molecule has 0 N–H and O–H groups in total. The predicted molar refractivity (Wildman–Crippen MR) is 54.1 cm³/mol. The monoisotopic (exact) mass is 212 g/mol. The van der Waals surface area contributed by atoms with Crippen LogP contribution in [0.5, 0.6) is 0 Å². The molecule has 0 aromatic heterocycles. The Morgan fingerprint density at radius 2 is 2.07 bits per heavy atom. The summed E-state index contributed by atoms with van der Waals surface area (Å²) in [4.78, 5) is 37.2. The van der Waals surface area contributed by atoms with Gasteiger partial charge < -0.3 is 9.80 Å². The van der Waals surface area contributed by atoms with E-state index < -0.39 is 6.04 Å². The van der Waals surface area contributed by atoms with Crippen LogP contribution >= 0.6 is 0 Å². The molecule has 0 aromatic rings. The van der Waals surface area contributed by atoms with Gasteiger partial charge in [-0.2, -0.15) is 0 Å². The van der Waals surface area contributed by atoms with E-state index in [4.69, 9.17) is 0 Å². The maximum atomic E-state index is 11.7. The van der Waals surface area contributed by atoms with Crippen molar-refractivity contribution in [1.82, 2.24) is 9.80 Å². The number of Topliss-reactive ketones (excluding diaryl/α,β-unsaturated/α-hetero) is 1. The number of hydrogen-bond acceptors (Lipinski definition) is 3. The highest BCUT2D eigenvalue weighted by atomic mass is 16.2. The lowest BCUT2D eigenvalue weighted by atomic mass is 10.2. The van der Waals surface area contributed by atoms with E-state index in [2.05, 4.69) is 0 Å². The summed E-state index contributed by atoms with van der Waals surface area (Å²) in [6.45, 7) is 3.53. The van der Waals surface area contributed by atoms with Gasteiger partial charge >= 0.3 is 0 Å². The summed E-state index contributed by atoms with van der Waals surface area (Å²) in [5, 5.41) is 0. The standard InChI is InChI=1S/C10H16N2O3/c1-7(13)6-12-8(2)10(15)11(3)5-4-9(12)14/h8H,4-6H2,1-3H3. The van der Waals surface area contributed by atoms with Crippen molar-refractivity contribution in [1.29, 1.82) is 0 Å². The number of carbonyl (C=O) groups excluding carboxylic acids is 3. The fourth-order valence-corrected chi connectivity index (χ4v) is 1.65. The number of likely N-dealkylation sites (N-methyl/N-ethyl adjacent to an activating group) is 1. The van der Waals surface area contributed by atoms with Gasteiger partial charge in [0.15, 0.2) is 0 Å². The summed E-state index contributed by atoms with van der Waals surface area (Å²) < 4.78 is 0. The molecule has 2 amide bonds. The quantitative estimate of drug-likeness (QED) is 0.629. The van der Waals surface area contributed by atoms with Gasteiger partial charge in [-0.15, -0.1) is 0 Å². The normalized spacial score (nSPS) is 23.0. The fourth-order valence-electron chi connectivity index (χ4n) is 1.65. The van der Waals surface area contributed by atoms with Gasteiger partial charge in [0.1, 0.15) is 11.8 Å². The van der Waals surface area contributed by atoms with E-state index in [1.807, 2.05) is 0 Å². The van der Waals surface area contributed by atoms with Crippen molar-refractivity contribution in [2.75, 3.05) is 20.1 Å². The van der Waals surface area contributed by atoms with E-state index in [9.17, 15) is 14.4 Å².